The van der Waals surface area contributed by atoms with Crippen molar-refractivity contribution in [2.45, 2.75) is 39.2 Å². The van der Waals surface area contributed by atoms with Gasteiger partial charge in [0.25, 0.3) is 0 Å². The van der Waals surface area contributed by atoms with Gasteiger partial charge in [0.1, 0.15) is 6.73 Å². The molecule has 2 nitrogen and oxygen atoms in total. The first-order valence-corrected chi connectivity index (χ1v) is 3.74. The maximum Gasteiger partial charge on any atom is 0.144 e. The summed E-state index contributed by atoms with van der Waals surface area (Å²) < 4.78 is 0. The fourth-order valence-electron chi connectivity index (χ4n) is 0.931. The maximum atomic E-state index is 5.00. The first-order valence-electron chi connectivity index (χ1n) is 3.74. The molecule has 0 radical (unpaired) electrons. The molecule has 0 aromatic rings. The maximum absolute atomic E-state index is 5.00. The van der Waals surface area contributed by atoms with E-state index < -0.39 is 0 Å². The van der Waals surface area contributed by atoms with Crippen LogP contribution in [0.2, 0.25) is 0 Å². The summed E-state index contributed by atoms with van der Waals surface area (Å²) in [5.74, 6) is 0. The highest BCUT2D eigenvalue weighted by atomic mass is 16.8. The molecule has 1 heterocycles. The standard InChI is InChI=1S/C7H15NO/c1-3-4-5-7(2)8-6-9-8/h7H,3-6H2,1-2H3. The molecule has 1 aliphatic heterocycles. The number of hydrogen-bond acceptors (Lipinski definition) is 2. The average Bonchev–Trinajstić information content (AvgIpc) is 2.63. The van der Waals surface area contributed by atoms with E-state index >= 15 is 0 Å². The van der Waals surface area contributed by atoms with Crippen molar-refractivity contribution in [3.05, 3.63) is 0 Å². The zero-order valence-corrected chi connectivity index (χ0v) is 6.26. The molecule has 0 spiro atoms. The molecule has 2 atom stereocenters. The number of hydrogen-bond donors (Lipinski definition) is 0. The van der Waals surface area contributed by atoms with Crippen molar-refractivity contribution in [3.8, 4) is 0 Å². The minimum absolute atomic E-state index is 0.643. The van der Waals surface area contributed by atoms with Gasteiger partial charge < -0.3 is 0 Å². The molecular weight excluding hydrogens is 114 g/mol. The van der Waals surface area contributed by atoms with E-state index in [1.165, 1.54) is 19.3 Å². The van der Waals surface area contributed by atoms with Crippen LogP contribution in [0.25, 0.3) is 0 Å². The highest BCUT2D eigenvalue weighted by Crippen LogP contribution is 2.16. The summed E-state index contributed by atoms with van der Waals surface area (Å²) in [6, 6.07) is 0.643. The molecule has 0 amide bonds. The van der Waals surface area contributed by atoms with Crippen molar-refractivity contribution < 1.29 is 4.84 Å². The highest BCUT2D eigenvalue weighted by molar-refractivity contribution is 4.61. The third-order valence-corrected chi connectivity index (χ3v) is 1.75. The van der Waals surface area contributed by atoms with Crippen molar-refractivity contribution >= 4 is 0 Å². The lowest BCUT2D eigenvalue weighted by molar-refractivity contribution is 0.148. The van der Waals surface area contributed by atoms with E-state index in [2.05, 4.69) is 13.8 Å². The third-order valence-electron chi connectivity index (χ3n) is 1.75. The van der Waals surface area contributed by atoms with E-state index in [0.717, 1.165) is 6.73 Å². The molecule has 1 saturated heterocycles. The molecule has 1 rings (SSSR count). The molecule has 0 aromatic carbocycles. The van der Waals surface area contributed by atoms with Crippen LogP contribution in [0.4, 0.5) is 0 Å². The van der Waals surface area contributed by atoms with Gasteiger partial charge in [0, 0.05) is 6.04 Å². The Morgan fingerprint density at radius 2 is 2.33 bits per heavy atom. The molecule has 54 valence electrons. The number of hydroxylamine groups is 2. The predicted octanol–water partition coefficient (Wildman–Crippen LogP) is 1.77. The van der Waals surface area contributed by atoms with Crippen molar-refractivity contribution in [1.82, 2.24) is 5.06 Å². The average molecular weight is 129 g/mol. The molecule has 1 aliphatic rings. The minimum Gasteiger partial charge on any atom is -0.278 e. The monoisotopic (exact) mass is 129 g/mol. The number of rotatable bonds is 4. The van der Waals surface area contributed by atoms with Gasteiger partial charge in [-0.2, -0.15) is 5.06 Å². The van der Waals surface area contributed by atoms with Gasteiger partial charge in [-0.1, -0.05) is 19.8 Å². The Hall–Kier alpha value is -0.0800. The molecule has 0 bridgehead atoms. The zero-order valence-electron chi connectivity index (χ0n) is 6.26. The van der Waals surface area contributed by atoms with E-state index in [1.54, 1.807) is 0 Å². The second-order valence-electron chi connectivity index (χ2n) is 2.67. The Labute approximate surface area is 56.8 Å². The smallest absolute Gasteiger partial charge is 0.144 e. The summed E-state index contributed by atoms with van der Waals surface area (Å²) in [5, 5.41) is 2.02. The van der Waals surface area contributed by atoms with Crippen LogP contribution in [0, 0.1) is 0 Å². The van der Waals surface area contributed by atoms with E-state index in [9.17, 15) is 0 Å². The van der Waals surface area contributed by atoms with Crippen LogP contribution in [0.1, 0.15) is 33.1 Å². The van der Waals surface area contributed by atoms with Crippen molar-refractivity contribution in [2.75, 3.05) is 6.73 Å². The summed E-state index contributed by atoms with van der Waals surface area (Å²) in [7, 11) is 0. The van der Waals surface area contributed by atoms with Crippen molar-refractivity contribution in [3.63, 3.8) is 0 Å². The molecule has 0 saturated carbocycles. The van der Waals surface area contributed by atoms with Gasteiger partial charge >= 0.3 is 0 Å². The zero-order chi connectivity index (χ0) is 6.69. The van der Waals surface area contributed by atoms with Gasteiger partial charge in [0.05, 0.1) is 0 Å². The molecular formula is C7H15NO. The summed E-state index contributed by atoms with van der Waals surface area (Å²) >= 11 is 0. The Morgan fingerprint density at radius 3 is 2.78 bits per heavy atom. The SMILES string of the molecule is CCCCC(C)N1CO1. The first kappa shape index (κ1) is 7.03. The lowest BCUT2D eigenvalue weighted by atomic mass is 10.1. The van der Waals surface area contributed by atoms with Crippen LogP contribution >= 0.6 is 0 Å². The van der Waals surface area contributed by atoms with E-state index in [4.69, 9.17) is 4.84 Å². The van der Waals surface area contributed by atoms with Gasteiger partial charge in [0.15, 0.2) is 0 Å². The van der Waals surface area contributed by atoms with E-state index in [1.807, 2.05) is 5.06 Å². The van der Waals surface area contributed by atoms with Gasteiger partial charge in [-0.25, -0.2) is 0 Å². The van der Waals surface area contributed by atoms with Crippen LogP contribution in [-0.2, 0) is 4.84 Å². The van der Waals surface area contributed by atoms with Gasteiger partial charge in [-0.05, 0) is 13.3 Å². The Bertz CT molecular complexity index is 81.0. The van der Waals surface area contributed by atoms with Gasteiger partial charge in [0.2, 0.25) is 0 Å². The predicted molar refractivity (Wildman–Crippen MR) is 36.8 cm³/mol. The van der Waals surface area contributed by atoms with E-state index in [-0.39, 0.29) is 0 Å². The fraction of sp³-hybridized carbons (Fsp3) is 1.00. The summed E-state index contributed by atoms with van der Waals surface area (Å²) in [6.45, 7) is 5.28. The van der Waals surface area contributed by atoms with Crippen molar-refractivity contribution in [1.29, 1.82) is 0 Å². The molecule has 2 unspecified atom stereocenters. The number of nitrogens with zero attached hydrogens (tertiary/aromatic N) is 1. The second-order valence-corrected chi connectivity index (χ2v) is 2.67. The lowest BCUT2D eigenvalue weighted by Crippen LogP contribution is -2.12. The van der Waals surface area contributed by atoms with Crippen LogP contribution in [-0.4, -0.2) is 17.8 Å². The number of unbranched alkanes of at least 4 members (excludes halogenated alkanes) is 1. The Kier molecular flexibility index (Phi) is 2.49. The molecule has 1 fully saturated rings. The minimum atomic E-state index is 0.643. The quantitative estimate of drug-likeness (QED) is 0.537. The molecule has 9 heavy (non-hydrogen) atoms. The van der Waals surface area contributed by atoms with Crippen LogP contribution < -0.4 is 0 Å². The third kappa shape index (κ3) is 2.33. The largest absolute Gasteiger partial charge is 0.278 e. The molecule has 2 heteroatoms. The van der Waals surface area contributed by atoms with Crippen LogP contribution in [0.5, 0.6) is 0 Å². The van der Waals surface area contributed by atoms with Crippen LogP contribution in [0.3, 0.4) is 0 Å². The summed E-state index contributed by atoms with van der Waals surface area (Å²) in [4.78, 5) is 5.00. The van der Waals surface area contributed by atoms with Crippen molar-refractivity contribution in [2.24, 2.45) is 0 Å². The Balaban J connectivity index is 1.96. The molecule has 0 N–H and O–H groups in total. The molecule has 0 aromatic heterocycles. The van der Waals surface area contributed by atoms with Gasteiger partial charge in [-0.15, -0.1) is 0 Å². The highest BCUT2D eigenvalue weighted by Gasteiger charge is 2.24. The topological polar surface area (TPSA) is 15.5 Å². The lowest BCUT2D eigenvalue weighted by Gasteiger charge is -2.06. The fourth-order valence-corrected chi connectivity index (χ4v) is 0.931. The first-order chi connectivity index (χ1) is 4.34. The Morgan fingerprint density at radius 1 is 1.67 bits per heavy atom. The second kappa shape index (κ2) is 3.18. The van der Waals surface area contributed by atoms with Gasteiger partial charge in [-0.3, -0.25) is 4.84 Å². The molecule has 0 aliphatic carbocycles. The van der Waals surface area contributed by atoms with E-state index in [0.29, 0.717) is 6.04 Å². The van der Waals surface area contributed by atoms with Crippen LogP contribution in [0.15, 0.2) is 0 Å². The summed E-state index contributed by atoms with van der Waals surface area (Å²) in [6.07, 6.45) is 3.88. The normalized spacial score (nSPS) is 28.0. The summed E-state index contributed by atoms with van der Waals surface area (Å²) in [5.41, 5.74) is 0.